The highest BCUT2D eigenvalue weighted by atomic mass is 32.2. The third kappa shape index (κ3) is 12.3. The van der Waals surface area contributed by atoms with Crippen molar-refractivity contribution in [3.8, 4) is 0 Å². The molecule has 0 amide bonds. The van der Waals surface area contributed by atoms with Crippen LogP contribution in [0.4, 0.5) is 0 Å². The molecule has 1 saturated heterocycles. The Morgan fingerprint density at radius 1 is 0.792 bits per heavy atom. The second kappa shape index (κ2) is 13.1. The molecule has 0 aromatic rings. The minimum atomic E-state index is -3.28. The van der Waals surface area contributed by atoms with E-state index < -0.39 is 10.1 Å². The molecule has 0 aliphatic carbocycles. The van der Waals surface area contributed by atoms with Crippen LogP contribution in [-0.2, 0) is 14.3 Å². The molecular formula is C19H39NO3S. The summed E-state index contributed by atoms with van der Waals surface area (Å²) in [7, 11) is -3.28. The van der Waals surface area contributed by atoms with Gasteiger partial charge in [0.05, 0.1) is 6.26 Å². The maximum Gasteiger partial charge on any atom is 0.264 e. The Balaban J connectivity index is 1.75. The van der Waals surface area contributed by atoms with E-state index in [1.165, 1.54) is 83.5 Å². The van der Waals surface area contributed by atoms with Crippen molar-refractivity contribution in [3.05, 3.63) is 0 Å². The molecule has 0 spiro atoms. The highest BCUT2D eigenvalue weighted by Gasteiger charge is 2.29. The predicted octanol–water partition coefficient (Wildman–Crippen LogP) is 4.74. The van der Waals surface area contributed by atoms with Crippen LogP contribution in [0.2, 0.25) is 0 Å². The van der Waals surface area contributed by atoms with Crippen LogP contribution in [-0.4, -0.2) is 45.3 Å². The molecule has 1 heterocycles. The molecule has 24 heavy (non-hydrogen) atoms. The molecule has 144 valence electrons. The van der Waals surface area contributed by atoms with Gasteiger partial charge in [-0.3, -0.25) is 9.08 Å². The molecule has 4 nitrogen and oxygen atoms in total. The molecule has 1 rings (SSSR count). The van der Waals surface area contributed by atoms with E-state index in [-0.39, 0.29) is 6.10 Å². The van der Waals surface area contributed by atoms with Crippen LogP contribution in [0.5, 0.6) is 0 Å². The normalized spacial score (nSPS) is 16.4. The lowest BCUT2D eigenvalue weighted by Crippen LogP contribution is -2.52. The second-order valence-corrected chi connectivity index (χ2v) is 9.03. The van der Waals surface area contributed by atoms with Gasteiger partial charge in [0, 0.05) is 13.1 Å². The molecule has 0 saturated carbocycles. The number of likely N-dealkylation sites (tertiary alicyclic amines) is 1. The van der Waals surface area contributed by atoms with Crippen LogP contribution in [0.1, 0.15) is 90.4 Å². The zero-order chi connectivity index (χ0) is 17.7. The van der Waals surface area contributed by atoms with E-state index in [4.69, 9.17) is 4.18 Å². The maximum absolute atomic E-state index is 11.0. The first-order valence-electron chi connectivity index (χ1n) is 10.1. The summed E-state index contributed by atoms with van der Waals surface area (Å²) in [6, 6.07) is 0. The molecule has 0 radical (unpaired) electrons. The van der Waals surface area contributed by atoms with Gasteiger partial charge in [0.25, 0.3) is 10.1 Å². The van der Waals surface area contributed by atoms with Gasteiger partial charge in [-0.05, 0) is 13.0 Å². The summed E-state index contributed by atoms with van der Waals surface area (Å²) in [5.41, 5.74) is 0. The first-order valence-corrected chi connectivity index (χ1v) is 11.9. The van der Waals surface area contributed by atoms with Crippen LogP contribution in [0, 0.1) is 0 Å². The summed E-state index contributed by atoms with van der Waals surface area (Å²) in [5.74, 6) is 0. The smallest absolute Gasteiger partial charge is 0.264 e. The SMILES string of the molecule is CCCCCCCCCCCCCCCN1CC(OS(C)(=O)=O)C1. The summed E-state index contributed by atoms with van der Waals surface area (Å²) in [4.78, 5) is 2.29. The molecular weight excluding hydrogens is 322 g/mol. The number of hydrogen-bond acceptors (Lipinski definition) is 4. The highest BCUT2D eigenvalue weighted by molar-refractivity contribution is 7.86. The molecule has 0 aromatic carbocycles. The van der Waals surface area contributed by atoms with Gasteiger partial charge in [-0.2, -0.15) is 8.42 Å². The van der Waals surface area contributed by atoms with Crippen molar-refractivity contribution in [3.63, 3.8) is 0 Å². The zero-order valence-corrected chi connectivity index (χ0v) is 16.8. The fourth-order valence-electron chi connectivity index (χ4n) is 3.37. The molecule has 0 atom stereocenters. The van der Waals surface area contributed by atoms with E-state index in [2.05, 4.69) is 11.8 Å². The van der Waals surface area contributed by atoms with Crippen molar-refractivity contribution in [1.29, 1.82) is 0 Å². The molecule has 0 aromatic heterocycles. The van der Waals surface area contributed by atoms with E-state index in [9.17, 15) is 8.42 Å². The van der Waals surface area contributed by atoms with E-state index in [0.29, 0.717) is 0 Å². The molecule has 0 unspecified atom stereocenters. The number of hydrogen-bond donors (Lipinski definition) is 0. The van der Waals surface area contributed by atoms with Crippen molar-refractivity contribution in [2.75, 3.05) is 25.9 Å². The Labute approximate surface area is 150 Å². The van der Waals surface area contributed by atoms with Gasteiger partial charge in [-0.25, -0.2) is 0 Å². The Morgan fingerprint density at radius 2 is 1.21 bits per heavy atom. The highest BCUT2D eigenvalue weighted by Crippen LogP contribution is 2.16. The third-order valence-electron chi connectivity index (χ3n) is 4.81. The molecule has 1 aliphatic rings. The monoisotopic (exact) mass is 361 g/mol. The van der Waals surface area contributed by atoms with E-state index >= 15 is 0 Å². The summed E-state index contributed by atoms with van der Waals surface area (Å²) < 4.78 is 26.9. The van der Waals surface area contributed by atoms with Crippen molar-refractivity contribution in [1.82, 2.24) is 4.90 Å². The quantitative estimate of drug-likeness (QED) is 0.294. The fourth-order valence-corrected chi connectivity index (χ4v) is 3.98. The lowest BCUT2D eigenvalue weighted by Gasteiger charge is -2.37. The molecule has 5 heteroatoms. The topological polar surface area (TPSA) is 46.6 Å². The van der Waals surface area contributed by atoms with Crippen molar-refractivity contribution < 1.29 is 12.6 Å². The Bertz CT molecular complexity index is 391. The molecule has 1 aliphatic heterocycles. The van der Waals surface area contributed by atoms with Crippen molar-refractivity contribution in [2.45, 2.75) is 96.5 Å². The first-order chi connectivity index (χ1) is 11.5. The van der Waals surface area contributed by atoms with E-state index in [1.54, 1.807) is 0 Å². The number of nitrogens with zero attached hydrogens (tertiary/aromatic N) is 1. The van der Waals surface area contributed by atoms with Gasteiger partial charge in [-0.15, -0.1) is 0 Å². The minimum Gasteiger partial charge on any atom is -0.298 e. The maximum atomic E-state index is 11.0. The van der Waals surface area contributed by atoms with Crippen LogP contribution >= 0.6 is 0 Å². The van der Waals surface area contributed by atoms with Crippen molar-refractivity contribution in [2.24, 2.45) is 0 Å². The lowest BCUT2D eigenvalue weighted by atomic mass is 10.0. The van der Waals surface area contributed by atoms with E-state index in [1.807, 2.05) is 0 Å². The Hall–Kier alpha value is -0.130. The van der Waals surface area contributed by atoms with Crippen LogP contribution in [0.3, 0.4) is 0 Å². The second-order valence-electron chi connectivity index (χ2n) is 7.42. The lowest BCUT2D eigenvalue weighted by molar-refractivity contribution is 0.0241. The molecule has 0 N–H and O–H groups in total. The van der Waals surface area contributed by atoms with Gasteiger partial charge in [0.15, 0.2) is 0 Å². The van der Waals surface area contributed by atoms with Gasteiger partial charge in [0.2, 0.25) is 0 Å². The summed E-state index contributed by atoms with van der Waals surface area (Å²) >= 11 is 0. The molecule has 0 bridgehead atoms. The summed E-state index contributed by atoms with van der Waals surface area (Å²) in [6.45, 7) is 4.89. The Morgan fingerprint density at radius 3 is 1.62 bits per heavy atom. The van der Waals surface area contributed by atoms with Crippen molar-refractivity contribution >= 4 is 10.1 Å². The Kier molecular flexibility index (Phi) is 12.0. The largest absolute Gasteiger partial charge is 0.298 e. The average molecular weight is 362 g/mol. The van der Waals surface area contributed by atoms with Crippen LogP contribution < -0.4 is 0 Å². The van der Waals surface area contributed by atoms with Gasteiger partial charge < -0.3 is 0 Å². The standard InChI is InChI=1S/C19H39NO3S/c1-3-4-5-6-7-8-9-10-11-12-13-14-15-16-20-17-19(18-20)23-24(2,21)22/h19H,3-18H2,1-2H3. The van der Waals surface area contributed by atoms with Gasteiger partial charge in [0.1, 0.15) is 6.10 Å². The molecule has 1 fully saturated rings. The minimum absolute atomic E-state index is 0.109. The third-order valence-corrected chi connectivity index (χ3v) is 5.43. The number of unbranched alkanes of at least 4 members (excludes halogenated alkanes) is 12. The summed E-state index contributed by atoms with van der Waals surface area (Å²) in [5, 5.41) is 0. The van der Waals surface area contributed by atoms with E-state index in [0.717, 1.165) is 25.9 Å². The van der Waals surface area contributed by atoms with Crippen LogP contribution in [0.25, 0.3) is 0 Å². The first kappa shape index (κ1) is 21.9. The summed E-state index contributed by atoms with van der Waals surface area (Å²) in [6.07, 6.45) is 18.9. The predicted molar refractivity (Wildman–Crippen MR) is 102 cm³/mol. The van der Waals surface area contributed by atoms with Crippen LogP contribution in [0.15, 0.2) is 0 Å². The van der Waals surface area contributed by atoms with Gasteiger partial charge in [-0.1, -0.05) is 84.0 Å². The average Bonchev–Trinajstić information content (AvgIpc) is 2.47. The van der Waals surface area contributed by atoms with Gasteiger partial charge >= 0.3 is 0 Å². The number of rotatable bonds is 16. The fraction of sp³-hybridized carbons (Fsp3) is 1.00. The zero-order valence-electron chi connectivity index (χ0n) is 16.0.